The lowest BCUT2D eigenvalue weighted by molar-refractivity contribution is 0.0165. The van der Waals surface area contributed by atoms with Crippen LogP contribution in [0.1, 0.15) is 18.4 Å². The van der Waals surface area contributed by atoms with Gasteiger partial charge in [0.2, 0.25) is 0 Å². The molecule has 0 aliphatic carbocycles. The molecule has 0 amide bonds. The molecule has 1 aromatic carbocycles. The van der Waals surface area contributed by atoms with E-state index < -0.39 is 0 Å². The van der Waals surface area contributed by atoms with Gasteiger partial charge in [-0.2, -0.15) is 0 Å². The van der Waals surface area contributed by atoms with Crippen molar-refractivity contribution in [2.24, 2.45) is 0 Å². The van der Waals surface area contributed by atoms with Crippen LogP contribution in [0.15, 0.2) is 54.9 Å². The Bertz CT molecular complexity index is 653. The molecule has 3 heterocycles. The highest BCUT2D eigenvalue weighted by molar-refractivity contribution is 5.49. The molecule has 2 aromatic rings. The van der Waals surface area contributed by atoms with Crippen LogP contribution in [-0.2, 0) is 11.2 Å². The minimum atomic E-state index is 0.173. The number of morpholine rings is 1. The first kappa shape index (κ1) is 16.6. The van der Waals surface area contributed by atoms with Crippen LogP contribution in [0.5, 0.6) is 0 Å². The quantitative estimate of drug-likeness (QED) is 0.857. The number of aromatic nitrogens is 1. The molecule has 4 nitrogen and oxygen atoms in total. The number of benzene rings is 1. The molecule has 0 bridgehead atoms. The van der Waals surface area contributed by atoms with Crippen LogP contribution < -0.4 is 4.90 Å². The van der Waals surface area contributed by atoms with E-state index in [1.807, 2.05) is 12.4 Å². The first-order valence-corrected chi connectivity index (χ1v) is 9.37. The van der Waals surface area contributed by atoms with E-state index in [0.717, 1.165) is 45.8 Å². The van der Waals surface area contributed by atoms with Gasteiger partial charge in [-0.15, -0.1) is 0 Å². The molecule has 2 aliphatic rings. The number of ether oxygens (including phenoxy) is 1. The second-order valence-electron chi connectivity index (χ2n) is 7.21. The molecule has 132 valence electrons. The van der Waals surface area contributed by atoms with Crippen molar-refractivity contribution < 1.29 is 4.74 Å². The largest absolute Gasteiger partial charge is 0.377 e. The average molecular weight is 337 g/mol. The summed E-state index contributed by atoms with van der Waals surface area (Å²) in [6.45, 7) is 6.13. The highest BCUT2D eigenvalue weighted by atomic mass is 16.5. The van der Waals surface area contributed by atoms with Crippen LogP contribution in [-0.4, -0.2) is 54.8 Å². The molecule has 2 aliphatic heterocycles. The number of hydrogen-bond acceptors (Lipinski definition) is 4. The van der Waals surface area contributed by atoms with Crippen molar-refractivity contribution in [2.45, 2.75) is 24.8 Å². The first-order chi connectivity index (χ1) is 12.4. The molecule has 2 saturated heterocycles. The standard InChI is InChI=1S/C21H27N3O/c1-2-4-20(5-3-1)24-16-17-25-18-21(24)9-14-23(15-10-21)13-8-19-6-11-22-12-7-19/h1-7,11-12H,8-10,13-18H2. The van der Waals surface area contributed by atoms with E-state index >= 15 is 0 Å². The molecule has 25 heavy (non-hydrogen) atoms. The van der Waals surface area contributed by atoms with E-state index in [2.05, 4.69) is 57.2 Å². The average Bonchev–Trinajstić information content (AvgIpc) is 2.69. The Labute approximate surface area is 150 Å². The monoisotopic (exact) mass is 337 g/mol. The lowest BCUT2D eigenvalue weighted by Crippen LogP contribution is -2.62. The molecule has 0 saturated carbocycles. The van der Waals surface area contributed by atoms with Crippen molar-refractivity contribution in [1.82, 2.24) is 9.88 Å². The SMILES string of the molecule is c1ccc(N2CCOCC23CCN(CCc2ccncc2)CC3)cc1. The number of likely N-dealkylation sites (tertiary alicyclic amines) is 1. The summed E-state index contributed by atoms with van der Waals surface area (Å²) in [6, 6.07) is 15.1. The van der Waals surface area contributed by atoms with E-state index in [0.29, 0.717) is 0 Å². The third-order valence-electron chi connectivity index (χ3n) is 5.72. The van der Waals surface area contributed by atoms with Gasteiger partial charge in [-0.1, -0.05) is 18.2 Å². The Kier molecular flexibility index (Phi) is 4.99. The fourth-order valence-corrected chi connectivity index (χ4v) is 4.19. The zero-order chi connectivity index (χ0) is 17.0. The lowest BCUT2D eigenvalue weighted by Gasteiger charge is -2.52. The highest BCUT2D eigenvalue weighted by Gasteiger charge is 2.42. The lowest BCUT2D eigenvalue weighted by atomic mass is 9.84. The number of piperidine rings is 1. The minimum absolute atomic E-state index is 0.173. The number of pyridine rings is 1. The fourth-order valence-electron chi connectivity index (χ4n) is 4.19. The minimum Gasteiger partial charge on any atom is -0.377 e. The zero-order valence-corrected chi connectivity index (χ0v) is 14.8. The topological polar surface area (TPSA) is 28.6 Å². The maximum atomic E-state index is 5.91. The van der Waals surface area contributed by atoms with Crippen molar-refractivity contribution in [3.8, 4) is 0 Å². The molecule has 0 radical (unpaired) electrons. The van der Waals surface area contributed by atoms with Crippen LogP contribution in [0.4, 0.5) is 5.69 Å². The number of nitrogens with zero attached hydrogens (tertiary/aromatic N) is 3. The summed E-state index contributed by atoms with van der Waals surface area (Å²) in [7, 11) is 0. The Morgan fingerprint density at radius 1 is 0.960 bits per heavy atom. The maximum absolute atomic E-state index is 5.91. The Morgan fingerprint density at radius 3 is 2.48 bits per heavy atom. The molecule has 4 heteroatoms. The van der Waals surface area contributed by atoms with E-state index in [9.17, 15) is 0 Å². The molecule has 4 rings (SSSR count). The normalized spacial score (nSPS) is 20.7. The summed E-state index contributed by atoms with van der Waals surface area (Å²) >= 11 is 0. The summed E-state index contributed by atoms with van der Waals surface area (Å²) in [6.07, 6.45) is 7.24. The summed E-state index contributed by atoms with van der Waals surface area (Å²) < 4.78 is 5.91. The predicted molar refractivity (Wildman–Crippen MR) is 101 cm³/mol. The number of anilines is 1. The number of hydrogen-bond donors (Lipinski definition) is 0. The van der Waals surface area contributed by atoms with Gasteiger partial charge in [-0.3, -0.25) is 4.98 Å². The highest BCUT2D eigenvalue weighted by Crippen LogP contribution is 2.35. The van der Waals surface area contributed by atoms with Gasteiger partial charge in [-0.05, 0) is 49.1 Å². The van der Waals surface area contributed by atoms with Gasteiger partial charge in [0.1, 0.15) is 0 Å². The van der Waals surface area contributed by atoms with Crippen LogP contribution in [0, 0.1) is 0 Å². The van der Waals surface area contributed by atoms with Crippen molar-refractivity contribution in [2.75, 3.05) is 44.3 Å². The van der Waals surface area contributed by atoms with Crippen LogP contribution >= 0.6 is 0 Å². The van der Waals surface area contributed by atoms with Crippen LogP contribution in [0.25, 0.3) is 0 Å². The molecular weight excluding hydrogens is 310 g/mol. The van der Waals surface area contributed by atoms with E-state index in [4.69, 9.17) is 4.74 Å². The maximum Gasteiger partial charge on any atom is 0.0700 e. The Morgan fingerprint density at radius 2 is 1.72 bits per heavy atom. The third-order valence-corrected chi connectivity index (χ3v) is 5.72. The van der Waals surface area contributed by atoms with E-state index in [1.54, 1.807) is 0 Å². The van der Waals surface area contributed by atoms with Gasteiger partial charge in [0.15, 0.2) is 0 Å². The zero-order valence-electron chi connectivity index (χ0n) is 14.8. The van der Waals surface area contributed by atoms with Crippen LogP contribution in [0.2, 0.25) is 0 Å². The van der Waals surface area contributed by atoms with Crippen LogP contribution in [0.3, 0.4) is 0 Å². The summed E-state index contributed by atoms with van der Waals surface area (Å²) in [4.78, 5) is 9.31. The molecule has 1 spiro atoms. The molecule has 0 unspecified atom stereocenters. The molecule has 0 atom stereocenters. The van der Waals surface area contributed by atoms with Gasteiger partial charge in [0.05, 0.1) is 18.8 Å². The smallest absolute Gasteiger partial charge is 0.0700 e. The molecule has 2 fully saturated rings. The number of para-hydroxylation sites is 1. The Hall–Kier alpha value is -1.91. The molecular formula is C21H27N3O. The van der Waals surface area contributed by atoms with Crippen molar-refractivity contribution in [3.63, 3.8) is 0 Å². The Balaban J connectivity index is 1.39. The van der Waals surface area contributed by atoms with Gasteiger partial charge < -0.3 is 14.5 Å². The number of rotatable bonds is 4. The molecule has 0 N–H and O–H groups in total. The van der Waals surface area contributed by atoms with E-state index in [-0.39, 0.29) is 5.54 Å². The van der Waals surface area contributed by atoms with Crippen molar-refractivity contribution >= 4 is 5.69 Å². The molecule has 1 aromatic heterocycles. The fraction of sp³-hybridized carbons (Fsp3) is 0.476. The van der Waals surface area contributed by atoms with Crippen molar-refractivity contribution in [3.05, 3.63) is 60.4 Å². The van der Waals surface area contributed by atoms with Gasteiger partial charge in [-0.25, -0.2) is 0 Å². The van der Waals surface area contributed by atoms with E-state index in [1.165, 1.54) is 24.1 Å². The summed E-state index contributed by atoms with van der Waals surface area (Å²) in [5.74, 6) is 0. The third kappa shape index (κ3) is 3.70. The second kappa shape index (κ2) is 7.54. The summed E-state index contributed by atoms with van der Waals surface area (Å²) in [5.41, 5.74) is 2.89. The van der Waals surface area contributed by atoms with Gasteiger partial charge in [0, 0.05) is 44.3 Å². The first-order valence-electron chi connectivity index (χ1n) is 9.37. The second-order valence-corrected chi connectivity index (χ2v) is 7.21. The summed E-state index contributed by atoms with van der Waals surface area (Å²) in [5, 5.41) is 0. The predicted octanol–water partition coefficient (Wildman–Crippen LogP) is 3.00. The van der Waals surface area contributed by atoms with Crippen molar-refractivity contribution in [1.29, 1.82) is 0 Å². The van der Waals surface area contributed by atoms with Gasteiger partial charge in [0.25, 0.3) is 0 Å². The van der Waals surface area contributed by atoms with Gasteiger partial charge >= 0.3 is 0 Å².